The maximum absolute atomic E-state index is 13.4. The van der Waals surface area contributed by atoms with Crippen LogP contribution in [0, 0.1) is 6.57 Å². The van der Waals surface area contributed by atoms with E-state index >= 15 is 0 Å². The van der Waals surface area contributed by atoms with Crippen LogP contribution in [0.2, 0.25) is 0 Å². The third-order valence-corrected chi connectivity index (χ3v) is 5.33. The van der Waals surface area contributed by atoms with Gasteiger partial charge in [0.2, 0.25) is 0 Å². The number of halogens is 3. The lowest BCUT2D eigenvalue weighted by molar-refractivity contribution is -0.138. The Kier molecular flexibility index (Phi) is 6.50. The number of amides is 2. The molecule has 0 N–H and O–H groups in total. The highest BCUT2D eigenvalue weighted by molar-refractivity contribution is 8.18. The van der Waals surface area contributed by atoms with Crippen LogP contribution in [0.3, 0.4) is 0 Å². The molecule has 0 spiro atoms. The molecule has 1 fully saturated rings. The van der Waals surface area contributed by atoms with E-state index in [2.05, 4.69) is 4.85 Å². The second-order valence-corrected chi connectivity index (χ2v) is 7.94. The topological polar surface area (TPSA) is 60.2 Å². The minimum Gasteiger partial charge on any atom is -0.493 e. The number of carbonyl (C=O) groups is 2. The number of imide groups is 1. The molecular weight excluding hydrogens is 445 g/mol. The Morgan fingerprint density at radius 3 is 2.34 bits per heavy atom. The number of thioether (sulfide) groups is 1. The molecule has 1 heterocycles. The van der Waals surface area contributed by atoms with Gasteiger partial charge in [-0.15, -0.1) is 0 Å². The smallest absolute Gasteiger partial charge is 0.418 e. The van der Waals surface area contributed by atoms with Crippen molar-refractivity contribution in [3.8, 4) is 17.2 Å². The van der Waals surface area contributed by atoms with Crippen molar-refractivity contribution in [3.63, 3.8) is 0 Å². The molecule has 1 saturated heterocycles. The number of hydrogen-bond acceptors (Lipinski definition) is 5. The van der Waals surface area contributed by atoms with Crippen molar-refractivity contribution in [2.45, 2.75) is 26.1 Å². The van der Waals surface area contributed by atoms with E-state index in [-0.39, 0.29) is 33.4 Å². The van der Waals surface area contributed by atoms with Gasteiger partial charge < -0.3 is 9.47 Å². The van der Waals surface area contributed by atoms with Crippen molar-refractivity contribution in [3.05, 3.63) is 63.8 Å². The molecule has 0 bridgehead atoms. The molecule has 2 aromatic carbocycles. The maximum Gasteiger partial charge on any atom is 0.418 e. The van der Waals surface area contributed by atoms with Gasteiger partial charge >= 0.3 is 6.18 Å². The van der Waals surface area contributed by atoms with Crippen molar-refractivity contribution in [1.29, 1.82) is 0 Å². The van der Waals surface area contributed by atoms with E-state index in [1.165, 1.54) is 37.5 Å². The van der Waals surface area contributed by atoms with Crippen LogP contribution in [0.15, 0.2) is 41.3 Å². The van der Waals surface area contributed by atoms with Gasteiger partial charge in [0.05, 0.1) is 24.2 Å². The SMILES string of the molecule is [C-]#[N+]c1ccc(Oc2ccc(/C=C3\SC(=O)N(C(C)C)C3=O)cc2OC)c(C(F)(F)F)c1. The number of alkyl halides is 3. The molecule has 0 aliphatic carbocycles. The van der Waals surface area contributed by atoms with E-state index in [4.69, 9.17) is 16.0 Å². The van der Waals surface area contributed by atoms with Gasteiger partial charge in [-0.1, -0.05) is 12.1 Å². The summed E-state index contributed by atoms with van der Waals surface area (Å²) < 4.78 is 50.9. The molecule has 2 aromatic rings. The molecular formula is C22H17F3N2O4S. The summed E-state index contributed by atoms with van der Waals surface area (Å²) in [7, 11) is 1.32. The average molecular weight is 462 g/mol. The van der Waals surface area contributed by atoms with Crippen molar-refractivity contribution in [2.24, 2.45) is 0 Å². The Bertz CT molecular complexity index is 1150. The minimum atomic E-state index is -4.72. The van der Waals surface area contributed by atoms with Gasteiger partial charge in [-0.3, -0.25) is 14.5 Å². The van der Waals surface area contributed by atoms with E-state index < -0.39 is 23.4 Å². The van der Waals surface area contributed by atoms with Gasteiger partial charge in [-0.05, 0) is 61.5 Å². The van der Waals surface area contributed by atoms with Crippen molar-refractivity contribution < 1.29 is 32.2 Å². The van der Waals surface area contributed by atoms with E-state index in [1.807, 2.05) is 0 Å². The number of benzene rings is 2. The molecule has 10 heteroatoms. The number of methoxy groups -OCH3 is 1. The summed E-state index contributed by atoms with van der Waals surface area (Å²) in [5.41, 5.74) is -0.746. The number of hydrogen-bond donors (Lipinski definition) is 0. The summed E-state index contributed by atoms with van der Waals surface area (Å²) in [5, 5.41) is -0.370. The zero-order chi connectivity index (χ0) is 23.6. The molecule has 1 aliphatic rings. The zero-order valence-corrected chi connectivity index (χ0v) is 18.0. The molecule has 0 radical (unpaired) electrons. The van der Waals surface area contributed by atoms with Crippen LogP contribution in [-0.2, 0) is 11.0 Å². The van der Waals surface area contributed by atoms with Crippen LogP contribution in [0.4, 0.5) is 23.7 Å². The summed E-state index contributed by atoms with van der Waals surface area (Å²) in [6.07, 6.45) is -3.21. The molecule has 2 amide bonds. The summed E-state index contributed by atoms with van der Waals surface area (Å²) >= 11 is 0.811. The fraction of sp³-hybridized carbons (Fsp3) is 0.227. The highest BCUT2D eigenvalue weighted by Crippen LogP contribution is 2.42. The Balaban J connectivity index is 1.94. The van der Waals surface area contributed by atoms with E-state index in [1.54, 1.807) is 13.8 Å². The van der Waals surface area contributed by atoms with Gasteiger partial charge in [0.25, 0.3) is 11.1 Å². The summed E-state index contributed by atoms with van der Waals surface area (Å²) in [6.45, 7) is 10.4. The monoisotopic (exact) mass is 462 g/mol. The van der Waals surface area contributed by atoms with Crippen LogP contribution in [0.25, 0.3) is 10.9 Å². The first kappa shape index (κ1) is 23.2. The minimum absolute atomic E-state index is 0.0148. The van der Waals surface area contributed by atoms with E-state index in [0.29, 0.717) is 11.6 Å². The second kappa shape index (κ2) is 8.96. The number of ether oxygens (including phenoxy) is 2. The van der Waals surface area contributed by atoms with E-state index in [0.717, 1.165) is 22.7 Å². The third kappa shape index (κ3) is 4.73. The van der Waals surface area contributed by atoms with Crippen molar-refractivity contribution in [1.82, 2.24) is 4.90 Å². The highest BCUT2D eigenvalue weighted by Gasteiger charge is 2.37. The lowest BCUT2D eigenvalue weighted by Gasteiger charge is -2.16. The summed E-state index contributed by atoms with van der Waals surface area (Å²) in [4.78, 5) is 28.9. The van der Waals surface area contributed by atoms with Crippen molar-refractivity contribution in [2.75, 3.05) is 7.11 Å². The molecule has 1 aliphatic heterocycles. The molecule has 32 heavy (non-hydrogen) atoms. The normalized spacial score (nSPS) is 15.4. The molecule has 0 unspecified atom stereocenters. The van der Waals surface area contributed by atoms with E-state index in [9.17, 15) is 22.8 Å². The van der Waals surface area contributed by atoms with Crippen molar-refractivity contribution >= 4 is 34.7 Å². The number of carbonyl (C=O) groups excluding carboxylic acids is 2. The first-order chi connectivity index (χ1) is 15.0. The van der Waals surface area contributed by atoms with Gasteiger partial charge in [-0.25, -0.2) is 4.85 Å². The van der Waals surface area contributed by atoms with Gasteiger partial charge in [0.15, 0.2) is 17.2 Å². The predicted molar refractivity (Wildman–Crippen MR) is 114 cm³/mol. The Morgan fingerprint density at radius 1 is 1.09 bits per heavy atom. The molecule has 0 atom stereocenters. The molecule has 0 saturated carbocycles. The van der Waals surface area contributed by atoms with Crippen LogP contribution in [-0.4, -0.2) is 29.2 Å². The molecule has 3 rings (SSSR count). The van der Waals surface area contributed by atoms with Crippen LogP contribution >= 0.6 is 11.8 Å². The lowest BCUT2D eigenvalue weighted by Crippen LogP contribution is -2.34. The van der Waals surface area contributed by atoms with Crippen LogP contribution in [0.1, 0.15) is 25.0 Å². The number of nitrogens with zero attached hydrogens (tertiary/aromatic N) is 2. The summed E-state index contributed by atoms with van der Waals surface area (Å²) in [6, 6.07) is 7.15. The van der Waals surface area contributed by atoms with Crippen LogP contribution < -0.4 is 9.47 Å². The third-order valence-electron chi connectivity index (χ3n) is 4.44. The Morgan fingerprint density at radius 2 is 1.78 bits per heavy atom. The standard InChI is InChI=1S/C22H17F3N2O4S/c1-12(2)27-20(28)19(32-21(27)29)10-13-5-7-17(18(9-13)30-4)31-16-8-6-14(26-3)11-15(16)22(23,24)25/h5-12H,1-2,4H3/b19-10-. The molecule has 6 nitrogen and oxygen atoms in total. The Hall–Kier alpha value is -3.45. The van der Waals surface area contributed by atoms with Crippen LogP contribution in [0.5, 0.6) is 17.2 Å². The number of rotatable bonds is 5. The average Bonchev–Trinajstić information content (AvgIpc) is 3.01. The van der Waals surface area contributed by atoms with Gasteiger partial charge in [0.1, 0.15) is 5.75 Å². The maximum atomic E-state index is 13.4. The quantitative estimate of drug-likeness (QED) is 0.375. The zero-order valence-electron chi connectivity index (χ0n) is 17.2. The highest BCUT2D eigenvalue weighted by atomic mass is 32.2. The first-order valence-corrected chi connectivity index (χ1v) is 10.1. The second-order valence-electron chi connectivity index (χ2n) is 6.95. The predicted octanol–water partition coefficient (Wildman–Crippen LogP) is 6.50. The van der Waals surface area contributed by atoms with Gasteiger partial charge in [0, 0.05) is 6.04 Å². The lowest BCUT2D eigenvalue weighted by atomic mass is 10.1. The first-order valence-electron chi connectivity index (χ1n) is 9.26. The molecule has 0 aromatic heterocycles. The van der Waals surface area contributed by atoms with Gasteiger partial charge in [-0.2, -0.15) is 13.2 Å². The largest absolute Gasteiger partial charge is 0.493 e. The summed E-state index contributed by atoms with van der Waals surface area (Å²) in [5.74, 6) is -0.747. The fourth-order valence-electron chi connectivity index (χ4n) is 2.95. The molecule has 166 valence electrons. The fourth-order valence-corrected chi connectivity index (χ4v) is 3.91. The Labute approximate surface area is 186 Å².